The van der Waals surface area contributed by atoms with Gasteiger partial charge in [-0.05, 0) is 29.1 Å². The maximum atomic E-state index is 10.5. The zero-order valence-electron chi connectivity index (χ0n) is 15.7. The van der Waals surface area contributed by atoms with Crippen molar-refractivity contribution in [3.63, 3.8) is 0 Å². The summed E-state index contributed by atoms with van der Waals surface area (Å²) in [6, 6.07) is 13.9. The normalized spacial score (nSPS) is 22.5. The Kier molecular flexibility index (Phi) is 5.55. The quantitative estimate of drug-likeness (QED) is 0.607. The van der Waals surface area contributed by atoms with Crippen LogP contribution in [0.5, 0.6) is 11.5 Å². The third-order valence-electron chi connectivity index (χ3n) is 5.20. The lowest BCUT2D eigenvalue weighted by molar-refractivity contribution is -0.114. The SMILES string of the molecule is COc1cc(O)c([C@H]2C[C@@H](O)C[C@@H](CO)O2)cc1Cc1cc2ccccc2s1. The molecule has 3 N–H and O–H groups in total. The zero-order chi connectivity index (χ0) is 19.7. The fourth-order valence-corrected chi connectivity index (χ4v) is 4.93. The second-order valence-corrected chi connectivity index (χ2v) is 8.37. The number of aromatic hydroxyl groups is 1. The fourth-order valence-electron chi connectivity index (χ4n) is 3.84. The van der Waals surface area contributed by atoms with E-state index in [1.54, 1.807) is 24.5 Å². The van der Waals surface area contributed by atoms with E-state index < -0.39 is 18.3 Å². The molecule has 4 rings (SSSR count). The Balaban J connectivity index is 1.67. The van der Waals surface area contributed by atoms with Gasteiger partial charge in [0.25, 0.3) is 0 Å². The molecule has 2 aromatic carbocycles. The van der Waals surface area contributed by atoms with Crippen LogP contribution in [0.1, 0.15) is 34.9 Å². The molecule has 1 aliphatic rings. The predicted molar refractivity (Wildman–Crippen MR) is 109 cm³/mol. The Morgan fingerprint density at radius 2 is 2.00 bits per heavy atom. The fraction of sp³-hybridized carbons (Fsp3) is 0.364. The van der Waals surface area contributed by atoms with Crippen LogP contribution >= 0.6 is 11.3 Å². The van der Waals surface area contributed by atoms with E-state index in [-0.39, 0.29) is 12.4 Å². The first-order valence-electron chi connectivity index (χ1n) is 9.39. The summed E-state index contributed by atoms with van der Waals surface area (Å²) in [5.74, 6) is 0.696. The van der Waals surface area contributed by atoms with Gasteiger partial charge < -0.3 is 24.8 Å². The lowest BCUT2D eigenvalue weighted by atomic mass is 9.93. The van der Waals surface area contributed by atoms with Gasteiger partial charge in [0.1, 0.15) is 11.5 Å². The topological polar surface area (TPSA) is 79.2 Å². The van der Waals surface area contributed by atoms with E-state index in [2.05, 4.69) is 18.2 Å². The summed E-state index contributed by atoms with van der Waals surface area (Å²) in [4.78, 5) is 1.20. The van der Waals surface area contributed by atoms with E-state index in [0.29, 0.717) is 30.6 Å². The van der Waals surface area contributed by atoms with Crippen LogP contribution in [-0.2, 0) is 11.2 Å². The molecule has 0 amide bonds. The van der Waals surface area contributed by atoms with Gasteiger partial charge in [0.2, 0.25) is 0 Å². The van der Waals surface area contributed by atoms with Crippen LogP contribution in [0.3, 0.4) is 0 Å². The van der Waals surface area contributed by atoms with E-state index >= 15 is 0 Å². The van der Waals surface area contributed by atoms with Crippen LogP contribution < -0.4 is 4.74 Å². The van der Waals surface area contributed by atoms with Gasteiger partial charge in [0.15, 0.2) is 0 Å². The van der Waals surface area contributed by atoms with Crippen LogP contribution in [0.15, 0.2) is 42.5 Å². The number of phenols is 1. The Hall–Kier alpha value is -2.12. The lowest BCUT2D eigenvalue weighted by Crippen LogP contribution is -2.33. The monoisotopic (exact) mass is 400 g/mol. The molecule has 2 heterocycles. The van der Waals surface area contributed by atoms with Crippen molar-refractivity contribution in [1.29, 1.82) is 0 Å². The molecule has 0 aliphatic carbocycles. The van der Waals surface area contributed by atoms with Crippen molar-refractivity contribution in [2.75, 3.05) is 13.7 Å². The Labute approximate surface area is 167 Å². The Morgan fingerprint density at radius 1 is 1.18 bits per heavy atom. The zero-order valence-corrected chi connectivity index (χ0v) is 16.5. The second-order valence-electron chi connectivity index (χ2n) is 7.20. The van der Waals surface area contributed by atoms with Gasteiger partial charge in [0.05, 0.1) is 32.0 Å². The van der Waals surface area contributed by atoms with Crippen molar-refractivity contribution >= 4 is 21.4 Å². The summed E-state index contributed by atoms with van der Waals surface area (Å²) in [5, 5.41) is 31.3. The van der Waals surface area contributed by atoms with E-state index in [4.69, 9.17) is 9.47 Å². The minimum atomic E-state index is -0.566. The van der Waals surface area contributed by atoms with E-state index in [0.717, 1.165) is 5.56 Å². The first-order chi connectivity index (χ1) is 13.6. The van der Waals surface area contributed by atoms with E-state index in [9.17, 15) is 15.3 Å². The number of benzene rings is 2. The number of methoxy groups -OCH3 is 1. The number of ether oxygens (including phenoxy) is 2. The van der Waals surface area contributed by atoms with Crippen molar-refractivity contribution in [3.8, 4) is 11.5 Å². The number of thiophene rings is 1. The molecular formula is C22H24O5S. The van der Waals surface area contributed by atoms with Gasteiger partial charge >= 0.3 is 0 Å². The molecule has 28 heavy (non-hydrogen) atoms. The van der Waals surface area contributed by atoms with Crippen LogP contribution in [0.2, 0.25) is 0 Å². The largest absolute Gasteiger partial charge is 0.507 e. The summed E-state index contributed by atoms with van der Waals surface area (Å²) in [6.45, 7) is -0.154. The van der Waals surface area contributed by atoms with E-state index in [1.165, 1.54) is 15.0 Å². The number of aliphatic hydroxyl groups is 2. The van der Waals surface area contributed by atoms with Crippen LogP contribution in [0.4, 0.5) is 0 Å². The van der Waals surface area contributed by atoms with E-state index in [1.807, 2.05) is 18.2 Å². The highest BCUT2D eigenvalue weighted by atomic mass is 32.1. The molecule has 0 spiro atoms. The van der Waals surface area contributed by atoms with Crippen molar-refractivity contribution < 1.29 is 24.8 Å². The van der Waals surface area contributed by atoms with Gasteiger partial charge in [-0.15, -0.1) is 11.3 Å². The van der Waals surface area contributed by atoms with Gasteiger partial charge in [-0.2, -0.15) is 0 Å². The first kappa shape index (κ1) is 19.2. The number of hydrogen-bond donors (Lipinski definition) is 3. The molecule has 1 aromatic heterocycles. The molecule has 0 unspecified atom stereocenters. The minimum Gasteiger partial charge on any atom is -0.507 e. The smallest absolute Gasteiger partial charge is 0.126 e. The number of fused-ring (bicyclic) bond motifs is 1. The molecule has 0 radical (unpaired) electrons. The average Bonchev–Trinajstić information content (AvgIpc) is 3.10. The molecule has 1 aliphatic heterocycles. The standard InChI is InChI=1S/C22H24O5S/c1-26-20-11-19(25)18(21-10-15(24)9-16(12-23)27-21)8-14(20)7-17-6-13-4-2-3-5-22(13)28-17/h2-6,8,11,15-16,21,23-25H,7,9-10,12H2,1H3/t15-,16-,21+/m0/s1. The summed E-state index contributed by atoms with van der Waals surface area (Å²) < 4.78 is 12.6. The molecule has 1 saturated heterocycles. The number of phenolic OH excluding ortho intramolecular Hbond substituents is 1. The highest BCUT2D eigenvalue weighted by Gasteiger charge is 2.31. The summed E-state index contributed by atoms with van der Waals surface area (Å²) >= 11 is 1.74. The molecule has 3 atom stereocenters. The molecule has 0 bridgehead atoms. The van der Waals surface area contributed by atoms with Crippen LogP contribution in [0.25, 0.3) is 10.1 Å². The third-order valence-corrected chi connectivity index (χ3v) is 6.32. The molecule has 148 valence electrons. The second kappa shape index (κ2) is 8.09. The highest BCUT2D eigenvalue weighted by Crippen LogP contribution is 2.40. The van der Waals surface area contributed by atoms with Crippen LogP contribution in [0, 0.1) is 0 Å². The Bertz CT molecular complexity index is 934. The molecule has 3 aromatic rings. The molecule has 5 nitrogen and oxygen atoms in total. The maximum Gasteiger partial charge on any atom is 0.126 e. The number of hydrogen-bond acceptors (Lipinski definition) is 6. The predicted octanol–water partition coefficient (Wildman–Crippen LogP) is 3.78. The summed E-state index contributed by atoms with van der Waals surface area (Å²) in [6.07, 6.45) is 0.00361. The summed E-state index contributed by atoms with van der Waals surface area (Å²) in [5.41, 5.74) is 1.57. The number of aliphatic hydroxyl groups excluding tert-OH is 2. The molecule has 1 fully saturated rings. The third kappa shape index (κ3) is 3.86. The molecule has 0 saturated carbocycles. The number of rotatable bonds is 5. The molecular weight excluding hydrogens is 376 g/mol. The van der Waals surface area contributed by atoms with Crippen molar-refractivity contribution in [1.82, 2.24) is 0 Å². The lowest BCUT2D eigenvalue weighted by Gasteiger charge is -2.33. The molecule has 6 heteroatoms. The Morgan fingerprint density at radius 3 is 2.75 bits per heavy atom. The van der Waals surface area contributed by atoms with Crippen molar-refractivity contribution in [3.05, 3.63) is 58.5 Å². The maximum absolute atomic E-state index is 10.5. The van der Waals surface area contributed by atoms with Gasteiger partial charge in [0, 0.05) is 40.5 Å². The van der Waals surface area contributed by atoms with Gasteiger partial charge in [-0.3, -0.25) is 0 Å². The highest BCUT2D eigenvalue weighted by molar-refractivity contribution is 7.19. The average molecular weight is 400 g/mol. The first-order valence-corrected chi connectivity index (χ1v) is 10.2. The minimum absolute atomic E-state index is 0.0766. The van der Waals surface area contributed by atoms with Crippen molar-refractivity contribution in [2.45, 2.75) is 37.6 Å². The summed E-state index contributed by atoms with van der Waals surface area (Å²) in [7, 11) is 1.59. The van der Waals surface area contributed by atoms with Crippen molar-refractivity contribution in [2.24, 2.45) is 0 Å². The van der Waals surface area contributed by atoms with Crippen LogP contribution in [-0.4, -0.2) is 41.2 Å². The van der Waals surface area contributed by atoms with Gasteiger partial charge in [-0.25, -0.2) is 0 Å². The van der Waals surface area contributed by atoms with Gasteiger partial charge in [-0.1, -0.05) is 18.2 Å².